The zero-order chi connectivity index (χ0) is 28.2. The predicted octanol–water partition coefficient (Wildman–Crippen LogP) is 5.59. The van der Waals surface area contributed by atoms with Crippen LogP contribution in [0.15, 0.2) is 48.5 Å². The Balaban J connectivity index is 1.28. The quantitative estimate of drug-likeness (QED) is 0.448. The third-order valence-electron chi connectivity index (χ3n) is 8.59. The number of hydrogen-bond acceptors (Lipinski definition) is 6. The summed E-state index contributed by atoms with van der Waals surface area (Å²) >= 11 is 0. The van der Waals surface area contributed by atoms with Gasteiger partial charge < -0.3 is 24.1 Å². The lowest BCUT2D eigenvalue weighted by atomic mass is 10.0. The van der Waals surface area contributed by atoms with Gasteiger partial charge in [-0.1, -0.05) is 63.2 Å². The highest BCUT2D eigenvalue weighted by atomic mass is 28.4. The van der Waals surface area contributed by atoms with E-state index in [1.165, 1.54) is 0 Å². The van der Waals surface area contributed by atoms with Crippen molar-refractivity contribution in [2.45, 2.75) is 77.2 Å². The van der Waals surface area contributed by atoms with Crippen LogP contribution >= 0.6 is 0 Å². The maximum Gasteiger partial charge on any atom is 0.410 e. The molecule has 2 aliphatic heterocycles. The summed E-state index contributed by atoms with van der Waals surface area (Å²) in [7, 11) is -2.00. The van der Waals surface area contributed by atoms with E-state index < -0.39 is 14.5 Å². The molecule has 214 valence electrons. The van der Waals surface area contributed by atoms with E-state index in [4.69, 9.17) is 9.16 Å². The zero-order valence-corrected chi connectivity index (χ0v) is 25.0. The topological polar surface area (TPSA) is 65.5 Å². The summed E-state index contributed by atoms with van der Waals surface area (Å²) in [5, 5.41) is 11.1. The van der Waals surface area contributed by atoms with Crippen LogP contribution < -0.4 is 4.90 Å². The molecule has 7 nitrogen and oxygen atoms in total. The number of carbonyl (C=O) groups is 1. The van der Waals surface area contributed by atoms with Gasteiger partial charge >= 0.3 is 6.09 Å². The van der Waals surface area contributed by atoms with Crippen LogP contribution in [0.3, 0.4) is 0 Å². The molecular weight excluding hydrogens is 513 g/mol. The van der Waals surface area contributed by atoms with E-state index in [0.29, 0.717) is 44.0 Å². The fraction of sp³-hybridized carbons (Fsp3) is 0.567. The van der Waals surface area contributed by atoms with Crippen molar-refractivity contribution in [3.05, 3.63) is 65.5 Å². The number of nitrogens with zero attached hydrogens (tertiary/aromatic N) is 3. The Kier molecular flexibility index (Phi) is 9.36. The Bertz CT molecular complexity index is 1100. The molecule has 0 aromatic heterocycles. The first-order valence-electron chi connectivity index (χ1n) is 14.0. The number of ether oxygens (including phenoxy) is 1. The second-order valence-electron chi connectivity index (χ2n) is 12.2. The third-order valence-corrected chi connectivity index (χ3v) is 13.1. The number of aliphatic hydroxyl groups is 1. The minimum Gasteiger partial charge on any atom is -0.445 e. The molecule has 0 saturated carbocycles. The van der Waals surface area contributed by atoms with Gasteiger partial charge in [0.2, 0.25) is 0 Å². The lowest BCUT2D eigenvalue weighted by molar-refractivity contribution is -0.0463. The number of aliphatic hydroxyl groups excluding tert-OH is 1. The van der Waals surface area contributed by atoms with E-state index in [1.807, 2.05) is 41.3 Å². The molecule has 0 bridgehead atoms. The summed E-state index contributed by atoms with van der Waals surface area (Å²) in [6, 6.07) is 15.3. The molecule has 2 aliphatic rings. The Labute approximate surface area is 233 Å². The fourth-order valence-electron chi connectivity index (χ4n) is 5.01. The van der Waals surface area contributed by atoms with Crippen LogP contribution in [0.5, 0.6) is 0 Å². The number of anilines is 1. The van der Waals surface area contributed by atoms with Gasteiger partial charge in [0.1, 0.15) is 12.8 Å². The molecule has 1 N–H and O–H groups in total. The highest BCUT2D eigenvalue weighted by molar-refractivity contribution is 6.74. The molecule has 2 aromatic carbocycles. The molecule has 1 amide bonds. The summed E-state index contributed by atoms with van der Waals surface area (Å²) < 4.78 is 27.3. The molecule has 2 heterocycles. The average Bonchev–Trinajstić information content (AvgIpc) is 2.91. The van der Waals surface area contributed by atoms with Crippen LogP contribution in [0.25, 0.3) is 0 Å². The lowest BCUT2D eigenvalue weighted by Crippen LogP contribution is -2.59. The van der Waals surface area contributed by atoms with Crippen molar-refractivity contribution < 1.29 is 23.5 Å². The lowest BCUT2D eigenvalue weighted by Gasteiger charge is -2.46. The smallest absolute Gasteiger partial charge is 0.410 e. The van der Waals surface area contributed by atoms with Crippen LogP contribution in [0.2, 0.25) is 18.1 Å². The van der Waals surface area contributed by atoms with Crippen LogP contribution in [0.4, 0.5) is 14.9 Å². The molecule has 2 fully saturated rings. The van der Waals surface area contributed by atoms with Gasteiger partial charge in [-0.25, -0.2) is 9.18 Å². The Morgan fingerprint density at radius 1 is 1.00 bits per heavy atom. The fourth-order valence-corrected chi connectivity index (χ4v) is 5.96. The predicted molar refractivity (Wildman–Crippen MR) is 155 cm³/mol. The van der Waals surface area contributed by atoms with Crippen molar-refractivity contribution in [2.75, 3.05) is 37.6 Å². The van der Waals surface area contributed by atoms with Gasteiger partial charge in [-0.3, -0.25) is 4.90 Å². The minimum absolute atomic E-state index is 0.0557. The van der Waals surface area contributed by atoms with Crippen LogP contribution in [0.1, 0.15) is 44.7 Å². The number of benzene rings is 2. The SMILES string of the molecule is CC(C)(C)[Si](C)(C)OCc1cccc(N2CCN(C3CCN(C(=O)OCc4ccccc4)CC3)C(O)C2)c1F. The van der Waals surface area contributed by atoms with Gasteiger partial charge in [-0.15, -0.1) is 0 Å². The molecule has 0 spiro atoms. The number of likely N-dealkylation sites (tertiary alicyclic amines) is 1. The van der Waals surface area contributed by atoms with Crippen molar-refractivity contribution >= 4 is 20.1 Å². The number of piperidine rings is 1. The molecular formula is C30H44FN3O4Si. The van der Waals surface area contributed by atoms with E-state index in [-0.39, 0.29) is 36.2 Å². The molecule has 9 heteroatoms. The van der Waals surface area contributed by atoms with Crippen molar-refractivity contribution in [2.24, 2.45) is 0 Å². The molecule has 0 radical (unpaired) electrons. The number of hydrogen-bond donors (Lipinski definition) is 1. The number of rotatable bonds is 7. The first kappa shape index (κ1) is 29.5. The summed E-state index contributed by atoms with van der Waals surface area (Å²) in [5.74, 6) is -0.265. The van der Waals surface area contributed by atoms with E-state index in [2.05, 4.69) is 38.8 Å². The van der Waals surface area contributed by atoms with Gasteiger partial charge in [0.15, 0.2) is 14.1 Å². The molecule has 4 rings (SSSR count). The number of piperazine rings is 1. The second-order valence-corrected chi connectivity index (χ2v) is 17.0. The van der Waals surface area contributed by atoms with Crippen LogP contribution in [-0.2, 0) is 22.4 Å². The van der Waals surface area contributed by atoms with E-state index >= 15 is 4.39 Å². The molecule has 39 heavy (non-hydrogen) atoms. The van der Waals surface area contributed by atoms with Crippen molar-refractivity contribution in [1.82, 2.24) is 9.80 Å². The first-order valence-corrected chi connectivity index (χ1v) is 16.9. The van der Waals surface area contributed by atoms with E-state index in [9.17, 15) is 9.90 Å². The molecule has 2 saturated heterocycles. The minimum atomic E-state index is -2.00. The monoisotopic (exact) mass is 557 g/mol. The average molecular weight is 558 g/mol. The van der Waals surface area contributed by atoms with Gasteiger partial charge in [0.05, 0.1) is 18.8 Å². The molecule has 0 aliphatic carbocycles. The number of β-amino-alcohol motifs (C(OH)–C–C–N with tert-alkyl or cyclic N) is 1. The van der Waals surface area contributed by atoms with Crippen molar-refractivity contribution in [3.63, 3.8) is 0 Å². The van der Waals surface area contributed by atoms with Crippen molar-refractivity contribution in [3.8, 4) is 0 Å². The summed E-state index contributed by atoms with van der Waals surface area (Å²) in [4.78, 5) is 18.3. The van der Waals surface area contributed by atoms with Gasteiger partial charge in [0, 0.05) is 37.8 Å². The first-order chi connectivity index (χ1) is 18.5. The Morgan fingerprint density at radius 3 is 2.33 bits per heavy atom. The normalized spacial score (nSPS) is 19.8. The summed E-state index contributed by atoms with van der Waals surface area (Å²) in [5.41, 5.74) is 2.04. The third kappa shape index (κ3) is 7.19. The summed E-state index contributed by atoms with van der Waals surface area (Å²) in [6.45, 7) is 14.2. The van der Waals surface area contributed by atoms with Gasteiger partial charge in [-0.05, 0) is 42.6 Å². The van der Waals surface area contributed by atoms with Gasteiger partial charge in [0.25, 0.3) is 0 Å². The zero-order valence-electron chi connectivity index (χ0n) is 24.0. The van der Waals surface area contributed by atoms with Crippen LogP contribution in [-0.4, -0.2) is 74.3 Å². The van der Waals surface area contributed by atoms with Crippen LogP contribution in [0, 0.1) is 5.82 Å². The second kappa shape index (κ2) is 12.4. The molecule has 1 atom stereocenters. The number of carbonyl (C=O) groups excluding carboxylic acids is 1. The van der Waals surface area contributed by atoms with Crippen molar-refractivity contribution in [1.29, 1.82) is 0 Å². The summed E-state index contributed by atoms with van der Waals surface area (Å²) in [6.07, 6.45) is 0.542. The standard InChI is InChI=1S/C30H44FN3O4Si/c1-30(2,3)39(4,5)38-22-24-12-9-13-26(28(24)31)33-18-19-34(27(35)20-33)25-14-16-32(17-15-25)29(36)37-21-23-10-7-6-8-11-23/h6-13,25,27,35H,14-22H2,1-5H3. The van der Waals surface area contributed by atoms with Gasteiger partial charge in [-0.2, -0.15) is 0 Å². The number of halogens is 1. The molecule has 2 aromatic rings. The maximum absolute atomic E-state index is 15.5. The Morgan fingerprint density at radius 2 is 1.69 bits per heavy atom. The number of amides is 1. The van der Waals surface area contributed by atoms with E-state index in [0.717, 1.165) is 18.4 Å². The molecule has 1 unspecified atom stereocenters. The Hall–Kier alpha value is -2.46. The highest BCUT2D eigenvalue weighted by Crippen LogP contribution is 2.37. The highest BCUT2D eigenvalue weighted by Gasteiger charge is 2.38. The largest absolute Gasteiger partial charge is 0.445 e. The maximum atomic E-state index is 15.5. The van der Waals surface area contributed by atoms with E-state index in [1.54, 1.807) is 17.0 Å².